The molecule has 6 heteroatoms. The fraction of sp³-hybridized carbons (Fsp3) is 0.0769. The van der Waals surface area contributed by atoms with Gasteiger partial charge in [0.25, 0.3) is 0 Å². The molecule has 3 aromatic rings. The van der Waals surface area contributed by atoms with Crippen molar-refractivity contribution in [3.05, 3.63) is 39.1 Å². The number of anilines is 1. The Morgan fingerprint density at radius 3 is 2.89 bits per heavy atom. The molecule has 0 aliphatic heterocycles. The third-order valence-corrected chi connectivity index (χ3v) is 4.05. The summed E-state index contributed by atoms with van der Waals surface area (Å²) in [5, 5.41) is 10.1. The molecule has 96 valence electrons. The number of nitrogens with two attached hydrogens (primary N) is 1. The zero-order chi connectivity index (χ0) is 13.4. The van der Waals surface area contributed by atoms with Gasteiger partial charge in [-0.2, -0.15) is 5.10 Å². The lowest BCUT2D eigenvalue weighted by Crippen LogP contribution is -1.89. The molecular formula is C13H11BrN4S. The molecular weight excluding hydrogens is 324 g/mol. The Morgan fingerprint density at radius 1 is 1.37 bits per heavy atom. The van der Waals surface area contributed by atoms with E-state index in [2.05, 4.69) is 31.1 Å². The third kappa shape index (κ3) is 2.29. The number of nitrogens with one attached hydrogen (secondary N) is 1. The molecule has 0 radical (unpaired) electrons. The van der Waals surface area contributed by atoms with Crippen molar-refractivity contribution in [3.8, 4) is 22.5 Å². The number of thiazole rings is 1. The summed E-state index contributed by atoms with van der Waals surface area (Å²) in [6.45, 7) is 1.98. The highest BCUT2D eigenvalue weighted by Crippen LogP contribution is 2.35. The second-order valence-electron chi connectivity index (χ2n) is 4.12. The molecule has 4 nitrogen and oxygen atoms in total. The topological polar surface area (TPSA) is 67.6 Å². The van der Waals surface area contributed by atoms with Gasteiger partial charge >= 0.3 is 0 Å². The van der Waals surface area contributed by atoms with Gasteiger partial charge in [-0.1, -0.05) is 28.1 Å². The predicted octanol–water partition coefficient (Wildman–Crippen LogP) is 3.85. The van der Waals surface area contributed by atoms with Crippen molar-refractivity contribution in [2.75, 3.05) is 5.73 Å². The Morgan fingerprint density at radius 2 is 2.21 bits per heavy atom. The number of nitrogens with zero attached hydrogens (tertiary/aromatic N) is 2. The molecule has 0 saturated carbocycles. The average molecular weight is 335 g/mol. The molecule has 0 spiro atoms. The molecule has 0 amide bonds. The summed E-state index contributed by atoms with van der Waals surface area (Å²) in [5.74, 6) is 0.485. The number of hydrogen-bond donors (Lipinski definition) is 2. The van der Waals surface area contributed by atoms with E-state index in [0.717, 1.165) is 32.0 Å². The first kappa shape index (κ1) is 12.4. The molecule has 3 N–H and O–H groups in total. The zero-order valence-corrected chi connectivity index (χ0v) is 12.5. The van der Waals surface area contributed by atoms with Crippen molar-refractivity contribution in [3.63, 3.8) is 0 Å². The second kappa shape index (κ2) is 4.79. The van der Waals surface area contributed by atoms with Gasteiger partial charge in [0.15, 0.2) is 5.82 Å². The highest BCUT2D eigenvalue weighted by molar-refractivity contribution is 9.10. The van der Waals surface area contributed by atoms with Gasteiger partial charge in [-0.05, 0) is 24.6 Å². The van der Waals surface area contributed by atoms with Gasteiger partial charge < -0.3 is 5.73 Å². The molecule has 0 aliphatic carbocycles. The molecule has 0 bridgehead atoms. The molecule has 1 aromatic carbocycles. The lowest BCUT2D eigenvalue weighted by molar-refractivity contribution is 1.09. The van der Waals surface area contributed by atoms with Crippen molar-refractivity contribution in [2.24, 2.45) is 0 Å². The van der Waals surface area contributed by atoms with Gasteiger partial charge in [-0.15, -0.1) is 11.3 Å². The molecule has 0 fully saturated rings. The van der Waals surface area contributed by atoms with Gasteiger partial charge in [-0.25, -0.2) is 4.98 Å². The molecule has 0 saturated heterocycles. The van der Waals surface area contributed by atoms with Crippen LogP contribution in [0.25, 0.3) is 22.5 Å². The van der Waals surface area contributed by atoms with E-state index >= 15 is 0 Å². The average Bonchev–Trinajstić information content (AvgIpc) is 2.95. The van der Waals surface area contributed by atoms with Crippen LogP contribution in [0.4, 0.5) is 5.82 Å². The van der Waals surface area contributed by atoms with E-state index in [1.165, 1.54) is 0 Å². The van der Waals surface area contributed by atoms with Crippen molar-refractivity contribution in [1.29, 1.82) is 0 Å². The van der Waals surface area contributed by atoms with Crippen LogP contribution in [0.1, 0.15) is 5.01 Å². The summed E-state index contributed by atoms with van der Waals surface area (Å²) < 4.78 is 1.01. The minimum atomic E-state index is 0.485. The minimum absolute atomic E-state index is 0.485. The SMILES string of the molecule is Cc1nc(-c2[nH]nc(N)c2-c2cccc(Br)c2)cs1. The quantitative estimate of drug-likeness (QED) is 0.747. The number of aromatic amines is 1. The summed E-state index contributed by atoms with van der Waals surface area (Å²) in [6.07, 6.45) is 0. The summed E-state index contributed by atoms with van der Waals surface area (Å²) in [4.78, 5) is 4.48. The molecule has 0 atom stereocenters. The highest BCUT2D eigenvalue weighted by Gasteiger charge is 2.16. The van der Waals surface area contributed by atoms with E-state index < -0.39 is 0 Å². The number of aryl methyl sites for hydroxylation is 1. The van der Waals surface area contributed by atoms with Gasteiger partial charge in [0.2, 0.25) is 0 Å². The van der Waals surface area contributed by atoms with Gasteiger partial charge in [0, 0.05) is 9.85 Å². The van der Waals surface area contributed by atoms with E-state index in [1.54, 1.807) is 11.3 Å². The number of aromatic nitrogens is 3. The highest BCUT2D eigenvalue weighted by atomic mass is 79.9. The van der Waals surface area contributed by atoms with Gasteiger partial charge in [-0.3, -0.25) is 5.10 Å². The van der Waals surface area contributed by atoms with E-state index in [9.17, 15) is 0 Å². The smallest absolute Gasteiger partial charge is 0.153 e. The Balaban J connectivity index is 2.19. The van der Waals surface area contributed by atoms with E-state index in [-0.39, 0.29) is 0 Å². The molecule has 19 heavy (non-hydrogen) atoms. The number of nitrogen functional groups attached to an aromatic ring is 1. The summed E-state index contributed by atoms with van der Waals surface area (Å²) in [5.41, 5.74) is 9.63. The maximum atomic E-state index is 5.99. The largest absolute Gasteiger partial charge is 0.382 e. The number of rotatable bonds is 2. The van der Waals surface area contributed by atoms with E-state index in [4.69, 9.17) is 5.73 Å². The van der Waals surface area contributed by atoms with E-state index in [1.807, 2.05) is 36.6 Å². The minimum Gasteiger partial charge on any atom is -0.382 e. The normalized spacial score (nSPS) is 10.8. The Kier molecular flexibility index (Phi) is 3.12. The molecule has 0 aliphatic rings. The lowest BCUT2D eigenvalue weighted by Gasteiger charge is -2.03. The first-order chi connectivity index (χ1) is 9.15. The van der Waals surface area contributed by atoms with Crippen LogP contribution in [-0.4, -0.2) is 15.2 Å². The lowest BCUT2D eigenvalue weighted by atomic mass is 10.0. The van der Waals surface area contributed by atoms with Crippen LogP contribution in [0.3, 0.4) is 0 Å². The number of H-pyrrole nitrogens is 1. The second-order valence-corrected chi connectivity index (χ2v) is 6.10. The molecule has 2 aromatic heterocycles. The van der Waals surface area contributed by atoms with Crippen molar-refractivity contribution < 1.29 is 0 Å². The van der Waals surface area contributed by atoms with Crippen molar-refractivity contribution in [1.82, 2.24) is 15.2 Å². The fourth-order valence-corrected chi connectivity index (χ4v) is 2.96. The predicted molar refractivity (Wildman–Crippen MR) is 82.0 cm³/mol. The van der Waals surface area contributed by atoms with Crippen LogP contribution in [0.5, 0.6) is 0 Å². The summed E-state index contributed by atoms with van der Waals surface area (Å²) in [7, 11) is 0. The van der Waals surface area contributed by atoms with Crippen LogP contribution < -0.4 is 5.73 Å². The molecule has 0 unspecified atom stereocenters. The number of benzene rings is 1. The van der Waals surface area contributed by atoms with Crippen LogP contribution in [0.2, 0.25) is 0 Å². The number of hydrogen-bond acceptors (Lipinski definition) is 4. The fourth-order valence-electron chi connectivity index (χ4n) is 1.96. The van der Waals surface area contributed by atoms with Crippen LogP contribution in [0, 0.1) is 6.92 Å². The van der Waals surface area contributed by atoms with Crippen LogP contribution in [0.15, 0.2) is 34.1 Å². The Hall–Kier alpha value is -1.66. The van der Waals surface area contributed by atoms with Crippen molar-refractivity contribution in [2.45, 2.75) is 6.92 Å². The molecule has 2 heterocycles. The van der Waals surface area contributed by atoms with E-state index in [0.29, 0.717) is 5.82 Å². The van der Waals surface area contributed by atoms with Gasteiger partial charge in [0.1, 0.15) is 0 Å². The van der Waals surface area contributed by atoms with Crippen LogP contribution >= 0.6 is 27.3 Å². The third-order valence-electron chi connectivity index (χ3n) is 2.78. The maximum absolute atomic E-state index is 5.99. The van der Waals surface area contributed by atoms with Gasteiger partial charge in [0.05, 0.1) is 22.0 Å². The van der Waals surface area contributed by atoms with Crippen LogP contribution in [-0.2, 0) is 0 Å². The summed E-state index contributed by atoms with van der Waals surface area (Å²) >= 11 is 5.08. The van der Waals surface area contributed by atoms with Crippen molar-refractivity contribution >= 4 is 33.1 Å². The molecule has 3 rings (SSSR count). The monoisotopic (exact) mass is 334 g/mol. The zero-order valence-electron chi connectivity index (χ0n) is 10.1. The standard InChI is InChI=1S/C13H11BrN4S/c1-7-16-10(6-19-7)12-11(13(15)18-17-12)8-3-2-4-9(14)5-8/h2-6H,1H3,(H3,15,17,18). The first-order valence-electron chi connectivity index (χ1n) is 5.67. The number of halogens is 1. The Bertz CT molecular complexity index is 732. The maximum Gasteiger partial charge on any atom is 0.153 e. The Labute approximate surface area is 122 Å². The summed E-state index contributed by atoms with van der Waals surface area (Å²) in [6, 6.07) is 7.98. The first-order valence-corrected chi connectivity index (χ1v) is 7.34.